The van der Waals surface area contributed by atoms with Gasteiger partial charge in [0, 0.05) is 19.3 Å². The van der Waals surface area contributed by atoms with E-state index in [1.165, 1.54) is 148 Å². The van der Waals surface area contributed by atoms with Crippen molar-refractivity contribution < 1.29 is 28.6 Å². The van der Waals surface area contributed by atoms with Crippen molar-refractivity contribution in [2.24, 2.45) is 0 Å². The molecule has 0 rings (SSSR count). The number of carbonyl (C=O) groups is 3. The van der Waals surface area contributed by atoms with Gasteiger partial charge < -0.3 is 14.2 Å². The first kappa shape index (κ1) is 65.6. The van der Waals surface area contributed by atoms with Gasteiger partial charge in [-0.05, 0) is 83.5 Å². The maximum atomic E-state index is 12.9. The van der Waals surface area contributed by atoms with Crippen molar-refractivity contribution in [3.63, 3.8) is 0 Å². The van der Waals surface area contributed by atoms with Gasteiger partial charge in [-0.1, -0.05) is 260 Å². The fourth-order valence-electron chi connectivity index (χ4n) is 8.05. The zero-order chi connectivity index (χ0) is 50.0. The zero-order valence-corrected chi connectivity index (χ0v) is 45.3. The minimum absolute atomic E-state index is 0.102. The van der Waals surface area contributed by atoms with E-state index in [0.29, 0.717) is 19.3 Å². The molecule has 0 aromatic rings. The Morgan fingerprint density at radius 3 is 0.971 bits per heavy atom. The summed E-state index contributed by atoms with van der Waals surface area (Å²) >= 11 is 0. The number of hydrogen-bond donors (Lipinski definition) is 0. The van der Waals surface area contributed by atoms with Crippen LogP contribution in [-0.2, 0) is 28.6 Å². The van der Waals surface area contributed by atoms with Gasteiger partial charge in [0.15, 0.2) is 6.10 Å². The molecule has 69 heavy (non-hydrogen) atoms. The van der Waals surface area contributed by atoms with Crippen LogP contribution >= 0.6 is 0 Å². The van der Waals surface area contributed by atoms with Crippen LogP contribution in [-0.4, -0.2) is 37.2 Å². The molecule has 1 atom stereocenters. The van der Waals surface area contributed by atoms with E-state index in [1.807, 2.05) is 6.08 Å². The third-order valence-electron chi connectivity index (χ3n) is 12.4. The highest BCUT2D eigenvalue weighted by molar-refractivity contribution is 5.71. The quantitative estimate of drug-likeness (QED) is 0.0262. The molecule has 0 aromatic carbocycles. The number of ether oxygens (including phenoxy) is 3. The Hall–Kier alpha value is -3.41. The summed E-state index contributed by atoms with van der Waals surface area (Å²) in [7, 11) is 0. The predicted octanol–water partition coefficient (Wildman–Crippen LogP) is 19.5. The molecule has 6 heteroatoms. The number of unbranched alkanes of at least 4 members (excludes halogenated alkanes) is 27. The monoisotopic (exact) mass is 961 g/mol. The third-order valence-corrected chi connectivity index (χ3v) is 12.4. The number of hydrogen-bond acceptors (Lipinski definition) is 6. The summed E-state index contributed by atoms with van der Waals surface area (Å²) in [6.45, 7) is 6.47. The molecule has 0 fully saturated rings. The van der Waals surface area contributed by atoms with Crippen LogP contribution in [0.25, 0.3) is 0 Å². The Morgan fingerprint density at radius 1 is 0.304 bits per heavy atom. The maximum absolute atomic E-state index is 12.9. The van der Waals surface area contributed by atoms with E-state index in [2.05, 4.69) is 99.8 Å². The van der Waals surface area contributed by atoms with Gasteiger partial charge in [-0.25, -0.2) is 0 Å². The van der Waals surface area contributed by atoms with Crippen LogP contribution in [0.1, 0.15) is 278 Å². The smallest absolute Gasteiger partial charge is 0.306 e. The molecule has 0 amide bonds. The summed E-state index contributed by atoms with van der Waals surface area (Å²) in [5, 5.41) is 0. The number of esters is 3. The van der Waals surface area contributed by atoms with Crippen molar-refractivity contribution in [3.05, 3.63) is 85.1 Å². The standard InChI is InChI=1S/C63H108O6/c1-4-7-10-13-16-19-22-25-28-30-31-33-35-38-41-44-47-50-53-56-62(65)68-59-60(58-67-61(64)55-52-49-46-43-40-37-34-27-24-21-18-15-12-9-6-3)69-63(66)57-54-51-48-45-42-39-36-32-29-26-23-20-17-14-11-8-5-2/h7,10,16,19,25,27-28,31,33-34,38,41,47,50,60H,4-6,8-9,11-15,17-18,20-24,26,29-30,32,35-37,39-40,42-46,48-49,51-59H2,1-3H3/b10-7-,19-16-,28-25-,33-31-,34-27-,41-38-,50-47-/t60-/m1/s1. The minimum atomic E-state index is -0.809. The molecular weight excluding hydrogens is 853 g/mol. The van der Waals surface area contributed by atoms with Gasteiger partial charge in [0.1, 0.15) is 13.2 Å². The van der Waals surface area contributed by atoms with E-state index in [4.69, 9.17) is 14.2 Å². The van der Waals surface area contributed by atoms with Crippen LogP contribution in [0, 0.1) is 0 Å². The van der Waals surface area contributed by atoms with Gasteiger partial charge in [0.25, 0.3) is 0 Å². The van der Waals surface area contributed by atoms with E-state index >= 15 is 0 Å². The summed E-state index contributed by atoms with van der Waals surface area (Å²) in [5.74, 6) is -0.988. The van der Waals surface area contributed by atoms with Crippen molar-refractivity contribution in [2.75, 3.05) is 13.2 Å². The lowest BCUT2D eigenvalue weighted by Gasteiger charge is -2.18. The fraction of sp³-hybridized carbons (Fsp3) is 0.730. The lowest BCUT2D eigenvalue weighted by Crippen LogP contribution is -2.30. The average Bonchev–Trinajstić information content (AvgIpc) is 3.35. The van der Waals surface area contributed by atoms with Gasteiger partial charge in [0.05, 0.1) is 0 Å². The molecule has 396 valence electrons. The maximum Gasteiger partial charge on any atom is 0.306 e. The first-order valence-electron chi connectivity index (χ1n) is 29.1. The van der Waals surface area contributed by atoms with Crippen LogP contribution in [0.15, 0.2) is 85.1 Å². The Labute approximate surface area is 426 Å². The van der Waals surface area contributed by atoms with Crippen molar-refractivity contribution >= 4 is 17.9 Å². The van der Waals surface area contributed by atoms with Crippen LogP contribution in [0.4, 0.5) is 0 Å². The van der Waals surface area contributed by atoms with Gasteiger partial charge in [-0.15, -0.1) is 0 Å². The largest absolute Gasteiger partial charge is 0.462 e. The Bertz CT molecular complexity index is 1330. The molecule has 0 aliphatic rings. The highest BCUT2D eigenvalue weighted by Gasteiger charge is 2.19. The second-order valence-corrected chi connectivity index (χ2v) is 19.2. The van der Waals surface area contributed by atoms with Crippen LogP contribution in [0.5, 0.6) is 0 Å². The Balaban J connectivity index is 4.49. The molecule has 0 aliphatic carbocycles. The van der Waals surface area contributed by atoms with Gasteiger partial charge in [-0.3, -0.25) is 14.4 Å². The molecule has 0 aliphatic heterocycles. The molecule has 0 saturated heterocycles. The normalized spacial score (nSPS) is 12.7. The Morgan fingerprint density at radius 2 is 0.594 bits per heavy atom. The topological polar surface area (TPSA) is 78.9 Å². The average molecular weight is 962 g/mol. The highest BCUT2D eigenvalue weighted by atomic mass is 16.6. The van der Waals surface area contributed by atoms with E-state index < -0.39 is 6.10 Å². The van der Waals surface area contributed by atoms with E-state index in [-0.39, 0.29) is 37.5 Å². The third kappa shape index (κ3) is 55.4. The van der Waals surface area contributed by atoms with Gasteiger partial charge in [0.2, 0.25) is 0 Å². The number of carbonyl (C=O) groups excluding carboxylic acids is 3. The molecule has 0 bridgehead atoms. The summed E-state index contributed by atoms with van der Waals surface area (Å²) in [5.41, 5.74) is 0. The van der Waals surface area contributed by atoms with Crippen LogP contribution in [0.2, 0.25) is 0 Å². The summed E-state index contributed by atoms with van der Waals surface area (Å²) in [6, 6.07) is 0. The summed E-state index contributed by atoms with van der Waals surface area (Å²) in [4.78, 5) is 38.1. The van der Waals surface area contributed by atoms with Crippen molar-refractivity contribution in [1.82, 2.24) is 0 Å². The molecule has 6 nitrogen and oxygen atoms in total. The highest BCUT2D eigenvalue weighted by Crippen LogP contribution is 2.16. The second-order valence-electron chi connectivity index (χ2n) is 19.2. The van der Waals surface area contributed by atoms with Crippen molar-refractivity contribution in [1.29, 1.82) is 0 Å². The fourth-order valence-corrected chi connectivity index (χ4v) is 8.05. The summed E-state index contributed by atoms with van der Waals surface area (Å²) in [6.07, 6.45) is 74.4. The molecular formula is C63H108O6. The molecule has 0 N–H and O–H groups in total. The molecule has 0 heterocycles. The molecule has 0 unspecified atom stereocenters. The van der Waals surface area contributed by atoms with Crippen LogP contribution < -0.4 is 0 Å². The Kier molecular flexibility index (Phi) is 54.3. The molecule has 0 radical (unpaired) electrons. The van der Waals surface area contributed by atoms with E-state index in [1.54, 1.807) is 0 Å². The molecule has 0 spiro atoms. The van der Waals surface area contributed by atoms with E-state index in [0.717, 1.165) is 83.5 Å². The van der Waals surface area contributed by atoms with Gasteiger partial charge >= 0.3 is 17.9 Å². The predicted molar refractivity (Wildman–Crippen MR) is 297 cm³/mol. The van der Waals surface area contributed by atoms with Crippen molar-refractivity contribution in [3.8, 4) is 0 Å². The zero-order valence-electron chi connectivity index (χ0n) is 45.3. The number of rotatable bonds is 52. The first-order chi connectivity index (χ1) is 34.0. The second kappa shape index (κ2) is 57.2. The molecule has 0 aromatic heterocycles. The first-order valence-corrected chi connectivity index (χ1v) is 29.1. The van der Waals surface area contributed by atoms with Crippen molar-refractivity contribution in [2.45, 2.75) is 284 Å². The molecule has 0 saturated carbocycles. The SMILES string of the molecule is CC/C=C\C/C=C\C/C=C\C/C=C\C/C=C\C/C=C\CCC(=O)OC[C@@H](COC(=O)CCCCCCC/C=C\CCCCCCCC)OC(=O)CCCCCCCCCCCCCCCCCCC. The summed E-state index contributed by atoms with van der Waals surface area (Å²) < 4.78 is 16.8. The van der Waals surface area contributed by atoms with Gasteiger partial charge in [-0.2, -0.15) is 0 Å². The lowest BCUT2D eigenvalue weighted by molar-refractivity contribution is -0.166. The van der Waals surface area contributed by atoms with E-state index in [9.17, 15) is 14.4 Å². The minimum Gasteiger partial charge on any atom is -0.462 e. The number of allylic oxidation sites excluding steroid dienone is 14. The van der Waals surface area contributed by atoms with Crippen LogP contribution in [0.3, 0.4) is 0 Å². The lowest BCUT2D eigenvalue weighted by atomic mass is 10.0.